The summed E-state index contributed by atoms with van der Waals surface area (Å²) in [5.74, 6) is 0.640. The molecule has 0 spiro atoms. The summed E-state index contributed by atoms with van der Waals surface area (Å²) in [5, 5.41) is 1.16. The molecule has 1 heterocycles. The molecule has 2 aromatic carbocycles. The molecule has 0 aliphatic carbocycles. The van der Waals surface area contributed by atoms with Crippen LogP contribution in [0, 0.1) is 0 Å². The number of hydrogen-bond donors (Lipinski definition) is 0. The molecular formula is C20H21NO5S. The summed E-state index contributed by atoms with van der Waals surface area (Å²) in [6.07, 6.45) is 1.54. The quantitative estimate of drug-likeness (QED) is 0.762. The van der Waals surface area contributed by atoms with Gasteiger partial charge in [0.25, 0.3) is 5.91 Å². The minimum Gasteiger partial charge on any atom is -0.497 e. The highest BCUT2D eigenvalue weighted by molar-refractivity contribution is 7.94. The lowest BCUT2D eigenvalue weighted by molar-refractivity contribution is 0.0979. The van der Waals surface area contributed by atoms with E-state index in [4.69, 9.17) is 9.47 Å². The Morgan fingerprint density at radius 3 is 2.44 bits per heavy atom. The number of amides is 1. The number of sulfone groups is 1. The molecule has 1 aliphatic heterocycles. The maximum atomic E-state index is 13.4. The molecular weight excluding hydrogens is 366 g/mol. The number of para-hydroxylation sites is 1. The van der Waals surface area contributed by atoms with Gasteiger partial charge in [0.15, 0.2) is 9.84 Å². The third-order valence-electron chi connectivity index (χ3n) is 4.23. The van der Waals surface area contributed by atoms with Crippen LogP contribution in [-0.2, 0) is 9.84 Å². The van der Waals surface area contributed by atoms with Gasteiger partial charge in [-0.25, -0.2) is 8.42 Å². The van der Waals surface area contributed by atoms with Gasteiger partial charge in [0.1, 0.15) is 11.5 Å². The zero-order valence-electron chi connectivity index (χ0n) is 15.2. The molecule has 2 aromatic rings. The Bertz CT molecular complexity index is 951. The summed E-state index contributed by atoms with van der Waals surface area (Å²) in [7, 11) is -1.77. The SMILES string of the molecule is CCOc1ccccc1C(=O)N(c1ccc(OC)cc1)C1C=CS(=O)(=O)C1. The number of anilines is 1. The lowest BCUT2D eigenvalue weighted by atomic mass is 10.1. The number of carbonyl (C=O) groups excluding carboxylic acids is 1. The Morgan fingerprint density at radius 1 is 1.15 bits per heavy atom. The number of benzene rings is 2. The first kappa shape index (κ1) is 19.0. The van der Waals surface area contributed by atoms with E-state index in [1.807, 2.05) is 6.92 Å². The molecule has 1 aliphatic rings. The van der Waals surface area contributed by atoms with Crippen LogP contribution in [0.2, 0.25) is 0 Å². The minimum atomic E-state index is -3.33. The third-order valence-corrected chi connectivity index (χ3v) is 5.61. The topological polar surface area (TPSA) is 72.9 Å². The fourth-order valence-corrected chi connectivity index (χ4v) is 4.24. The van der Waals surface area contributed by atoms with Crippen molar-refractivity contribution < 1.29 is 22.7 Å². The van der Waals surface area contributed by atoms with Crippen molar-refractivity contribution in [3.63, 3.8) is 0 Å². The largest absolute Gasteiger partial charge is 0.497 e. The Morgan fingerprint density at radius 2 is 1.85 bits per heavy atom. The van der Waals surface area contributed by atoms with Crippen LogP contribution in [0.25, 0.3) is 0 Å². The predicted octanol–water partition coefficient (Wildman–Crippen LogP) is 3.05. The fraction of sp³-hybridized carbons (Fsp3) is 0.250. The zero-order chi connectivity index (χ0) is 19.4. The lowest BCUT2D eigenvalue weighted by Crippen LogP contribution is -2.41. The highest BCUT2D eigenvalue weighted by atomic mass is 32.2. The van der Waals surface area contributed by atoms with Gasteiger partial charge in [0.2, 0.25) is 0 Å². The van der Waals surface area contributed by atoms with Gasteiger partial charge in [-0.05, 0) is 49.4 Å². The molecule has 142 valence electrons. The molecule has 1 atom stereocenters. The van der Waals surface area contributed by atoms with Crippen molar-refractivity contribution in [2.45, 2.75) is 13.0 Å². The number of rotatable bonds is 6. The van der Waals surface area contributed by atoms with Crippen molar-refractivity contribution in [2.24, 2.45) is 0 Å². The van der Waals surface area contributed by atoms with Crippen molar-refractivity contribution in [1.29, 1.82) is 0 Å². The summed E-state index contributed by atoms with van der Waals surface area (Å²) in [6, 6.07) is 13.3. The Kier molecular flexibility index (Phi) is 5.51. The molecule has 6 nitrogen and oxygen atoms in total. The smallest absolute Gasteiger partial charge is 0.262 e. The molecule has 1 amide bonds. The van der Waals surface area contributed by atoms with Crippen LogP contribution >= 0.6 is 0 Å². The minimum absolute atomic E-state index is 0.151. The van der Waals surface area contributed by atoms with Crippen molar-refractivity contribution in [3.05, 3.63) is 65.6 Å². The molecule has 0 saturated heterocycles. The van der Waals surface area contributed by atoms with E-state index in [1.54, 1.807) is 61.7 Å². The Balaban J connectivity index is 2.04. The van der Waals surface area contributed by atoms with Crippen molar-refractivity contribution in [3.8, 4) is 11.5 Å². The van der Waals surface area contributed by atoms with Gasteiger partial charge >= 0.3 is 0 Å². The molecule has 0 N–H and O–H groups in total. The van der Waals surface area contributed by atoms with Gasteiger partial charge in [-0.3, -0.25) is 4.79 Å². The van der Waals surface area contributed by atoms with Crippen molar-refractivity contribution in [1.82, 2.24) is 0 Å². The Hall–Kier alpha value is -2.80. The Labute approximate surface area is 158 Å². The number of hydrogen-bond acceptors (Lipinski definition) is 5. The molecule has 0 fully saturated rings. The number of nitrogens with zero attached hydrogens (tertiary/aromatic N) is 1. The van der Waals surface area contributed by atoms with Crippen LogP contribution in [0.15, 0.2) is 60.0 Å². The summed E-state index contributed by atoms with van der Waals surface area (Å²) in [4.78, 5) is 14.9. The highest BCUT2D eigenvalue weighted by Crippen LogP contribution is 2.29. The maximum absolute atomic E-state index is 13.4. The van der Waals surface area contributed by atoms with E-state index in [0.717, 1.165) is 5.41 Å². The first-order valence-electron chi connectivity index (χ1n) is 8.55. The predicted molar refractivity (Wildman–Crippen MR) is 104 cm³/mol. The lowest BCUT2D eigenvalue weighted by Gasteiger charge is -2.28. The van der Waals surface area contributed by atoms with Crippen LogP contribution < -0.4 is 14.4 Å². The van der Waals surface area contributed by atoms with Gasteiger partial charge in [-0.2, -0.15) is 0 Å². The van der Waals surface area contributed by atoms with E-state index < -0.39 is 15.9 Å². The summed E-state index contributed by atoms with van der Waals surface area (Å²) < 4.78 is 34.6. The molecule has 0 aromatic heterocycles. The van der Waals surface area contributed by atoms with Gasteiger partial charge < -0.3 is 14.4 Å². The molecule has 0 radical (unpaired) electrons. The molecule has 7 heteroatoms. The first-order chi connectivity index (χ1) is 12.9. The van der Waals surface area contributed by atoms with Crippen molar-refractivity contribution in [2.75, 3.05) is 24.4 Å². The number of carbonyl (C=O) groups is 1. The van der Waals surface area contributed by atoms with Gasteiger partial charge in [0.05, 0.1) is 31.1 Å². The van der Waals surface area contributed by atoms with E-state index in [0.29, 0.717) is 29.4 Å². The van der Waals surface area contributed by atoms with E-state index >= 15 is 0 Å². The van der Waals surface area contributed by atoms with Crippen LogP contribution in [0.4, 0.5) is 5.69 Å². The van der Waals surface area contributed by atoms with Crippen LogP contribution in [0.5, 0.6) is 11.5 Å². The summed E-state index contributed by atoms with van der Waals surface area (Å²) >= 11 is 0. The summed E-state index contributed by atoms with van der Waals surface area (Å²) in [5.41, 5.74) is 0.965. The van der Waals surface area contributed by atoms with Crippen LogP contribution in [0.1, 0.15) is 17.3 Å². The van der Waals surface area contributed by atoms with Gasteiger partial charge in [-0.15, -0.1) is 0 Å². The maximum Gasteiger partial charge on any atom is 0.262 e. The molecule has 3 rings (SSSR count). The van der Waals surface area contributed by atoms with E-state index in [1.165, 1.54) is 4.90 Å². The van der Waals surface area contributed by atoms with E-state index in [9.17, 15) is 13.2 Å². The van der Waals surface area contributed by atoms with Gasteiger partial charge in [-0.1, -0.05) is 12.1 Å². The van der Waals surface area contributed by atoms with Crippen molar-refractivity contribution >= 4 is 21.4 Å². The highest BCUT2D eigenvalue weighted by Gasteiger charge is 2.33. The second-order valence-electron chi connectivity index (χ2n) is 6.03. The summed E-state index contributed by atoms with van der Waals surface area (Å²) in [6.45, 7) is 2.26. The molecule has 1 unspecified atom stereocenters. The van der Waals surface area contributed by atoms with Crippen LogP contribution in [-0.4, -0.2) is 39.8 Å². The van der Waals surface area contributed by atoms with E-state index in [-0.39, 0.29) is 11.7 Å². The van der Waals surface area contributed by atoms with Gasteiger partial charge in [0, 0.05) is 11.1 Å². The molecule has 0 saturated carbocycles. The van der Waals surface area contributed by atoms with Crippen LogP contribution in [0.3, 0.4) is 0 Å². The second kappa shape index (κ2) is 7.84. The number of ether oxygens (including phenoxy) is 2. The average Bonchev–Trinajstić information content (AvgIpc) is 3.02. The zero-order valence-corrected chi connectivity index (χ0v) is 16.0. The standard InChI is InChI=1S/C20H21NO5S/c1-3-26-19-7-5-4-6-18(19)20(22)21(16-12-13-27(23,24)14-16)15-8-10-17(25-2)11-9-15/h4-13,16H,3,14H2,1-2H3. The molecule has 0 bridgehead atoms. The fourth-order valence-electron chi connectivity index (χ4n) is 2.98. The third kappa shape index (κ3) is 4.14. The van der Waals surface area contributed by atoms with E-state index in [2.05, 4.69) is 0 Å². The monoisotopic (exact) mass is 387 g/mol. The first-order valence-corrected chi connectivity index (χ1v) is 10.3. The molecule has 27 heavy (non-hydrogen) atoms. The number of methoxy groups -OCH3 is 1. The average molecular weight is 387 g/mol. The second-order valence-corrected chi connectivity index (χ2v) is 7.96. The normalized spacial score (nSPS) is 17.5.